The van der Waals surface area contributed by atoms with E-state index in [1.165, 1.54) is 4.68 Å². The van der Waals surface area contributed by atoms with Crippen LogP contribution in [0.5, 0.6) is 5.88 Å². The second-order valence-corrected chi connectivity index (χ2v) is 5.55. The second-order valence-electron chi connectivity index (χ2n) is 5.55. The number of fused-ring (bicyclic) bond motifs is 1. The van der Waals surface area contributed by atoms with Crippen LogP contribution >= 0.6 is 0 Å². The molecule has 7 nitrogen and oxygen atoms in total. The topological polar surface area (TPSA) is 78.0 Å². The highest BCUT2D eigenvalue weighted by Crippen LogP contribution is 2.31. The molecule has 0 amide bonds. The van der Waals surface area contributed by atoms with E-state index in [0.717, 1.165) is 42.5 Å². The molecule has 1 aliphatic rings. The maximum atomic E-state index is 10.0. The lowest BCUT2D eigenvalue weighted by Gasteiger charge is -2.22. The first-order chi connectivity index (χ1) is 10.7. The predicted molar refractivity (Wildman–Crippen MR) is 80.2 cm³/mol. The molecule has 1 unspecified atom stereocenters. The summed E-state index contributed by atoms with van der Waals surface area (Å²) in [5, 5.41) is 19.4. The average Bonchev–Trinajstić information content (AvgIpc) is 3.12. The number of aromatic nitrogens is 5. The van der Waals surface area contributed by atoms with E-state index in [2.05, 4.69) is 15.2 Å². The molecule has 1 atom stereocenters. The summed E-state index contributed by atoms with van der Waals surface area (Å²) < 4.78 is 9.05. The molecule has 0 radical (unpaired) electrons. The molecule has 1 aliphatic heterocycles. The maximum absolute atomic E-state index is 10.0. The van der Waals surface area contributed by atoms with Gasteiger partial charge in [0.2, 0.25) is 5.88 Å². The minimum atomic E-state index is -0.0311. The Bertz CT molecular complexity index is 817. The number of aryl methyl sites for hydroxylation is 1. The fourth-order valence-corrected chi connectivity index (χ4v) is 2.85. The van der Waals surface area contributed by atoms with Crippen LogP contribution in [0.15, 0.2) is 24.7 Å². The highest BCUT2D eigenvalue weighted by Gasteiger charge is 2.20. The Hall–Kier alpha value is -2.41. The van der Waals surface area contributed by atoms with Crippen molar-refractivity contribution in [2.45, 2.75) is 25.5 Å². The van der Waals surface area contributed by atoms with E-state index in [0.29, 0.717) is 5.56 Å². The third-order valence-electron chi connectivity index (χ3n) is 4.08. The van der Waals surface area contributed by atoms with Crippen LogP contribution in [0.3, 0.4) is 0 Å². The number of hydrogen-bond acceptors (Lipinski definition) is 5. The van der Waals surface area contributed by atoms with Crippen molar-refractivity contribution in [3.05, 3.63) is 24.7 Å². The third-order valence-corrected chi connectivity index (χ3v) is 4.08. The van der Waals surface area contributed by atoms with Crippen molar-refractivity contribution in [3.63, 3.8) is 0 Å². The summed E-state index contributed by atoms with van der Waals surface area (Å²) >= 11 is 0. The molecule has 7 heteroatoms. The monoisotopic (exact) mass is 299 g/mol. The van der Waals surface area contributed by atoms with Crippen LogP contribution in [0.2, 0.25) is 0 Å². The van der Waals surface area contributed by atoms with Gasteiger partial charge >= 0.3 is 0 Å². The largest absolute Gasteiger partial charge is 0.493 e. The van der Waals surface area contributed by atoms with Gasteiger partial charge in [-0.2, -0.15) is 10.2 Å². The van der Waals surface area contributed by atoms with E-state index in [9.17, 15) is 5.11 Å². The van der Waals surface area contributed by atoms with Gasteiger partial charge < -0.3 is 9.84 Å². The zero-order chi connectivity index (χ0) is 15.1. The van der Waals surface area contributed by atoms with E-state index in [-0.39, 0.29) is 12.1 Å². The van der Waals surface area contributed by atoms with Gasteiger partial charge in [0.25, 0.3) is 0 Å². The highest BCUT2D eigenvalue weighted by molar-refractivity contribution is 5.81. The molecule has 0 aromatic carbocycles. The van der Waals surface area contributed by atoms with Gasteiger partial charge in [0.1, 0.15) is 0 Å². The summed E-state index contributed by atoms with van der Waals surface area (Å²) in [5.74, 6) is 0.129. The standard InChI is InChI=1S/C15H17N5O2/c1-19-15(21)12(9-17-19)10-6-11-8-18-20(14(11)16-7-10)13-4-2-3-5-22-13/h6-9,13,21H,2-5H2,1H3. The Morgan fingerprint density at radius 3 is 2.86 bits per heavy atom. The Kier molecular flexibility index (Phi) is 3.07. The first kappa shape index (κ1) is 13.3. The van der Waals surface area contributed by atoms with Crippen LogP contribution in [-0.4, -0.2) is 36.3 Å². The lowest BCUT2D eigenvalue weighted by atomic mass is 10.1. The van der Waals surface area contributed by atoms with Crippen LogP contribution in [0, 0.1) is 0 Å². The molecular formula is C15H17N5O2. The van der Waals surface area contributed by atoms with Gasteiger partial charge in [-0.15, -0.1) is 0 Å². The summed E-state index contributed by atoms with van der Waals surface area (Å²) in [5.41, 5.74) is 2.29. The molecule has 4 rings (SSSR count). The van der Waals surface area contributed by atoms with E-state index < -0.39 is 0 Å². The average molecular weight is 299 g/mol. The number of rotatable bonds is 2. The summed E-state index contributed by atoms with van der Waals surface area (Å²) in [6.45, 7) is 0.771. The molecular weight excluding hydrogens is 282 g/mol. The van der Waals surface area contributed by atoms with Crippen molar-refractivity contribution in [2.24, 2.45) is 7.05 Å². The first-order valence-electron chi connectivity index (χ1n) is 7.40. The minimum absolute atomic E-state index is 0.0311. The smallest absolute Gasteiger partial charge is 0.217 e. The molecule has 4 heterocycles. The van der Waals surface area contributed by atoms with Gasteiger partial charge in [0.15, 0.2) is 11.9 Å². The molecule has 0 spiro atoms. The van der Waals surface area contributed by atoms with Crippen molar-refractivity contribution in [1.82, 2.24) is 24.5 Å². The lowest BCUT2D eigenvalue weighted by molar-refractivity contribution is -0.0370. The normalized spacial score (nSPS) is 18.9. The van der Waals surface area contributed by atoms with Crippen LogP contribution in [0.1, 0.15) is 25.5 Å². The van der Waals surface area contributed by atoms with Gasteiger partial charge in [-0.25, -0.2) is 14.3 Å². The first-order valence-corrected chi connectivity index (χ1v) is 7.40. The van der Waals surface area contributed by atoms with Gasteiger partial charge in [-0.3, -0.25) is 0 Å². The van der Waals surface area contributed by atoms with Crippen LogP contribution in [0.4, 0.5) is 0 Å². The van der Waals surface area contributed by atoms with E-state index in [4.69, 9.17) is 4.74 Å². The molecule has 114 valence electrons. The predicted octanol–water partition coefficient (Wildman–Crippen LogP) is 2.24. The Balaban J connectivity index is 1.75. The Morgan fingerprint density at radius 2 is 2.14 bits per heavy atom. The highest BCUT2D eigenvalue weighted by atomic mass is 16.5. The molecule has 3 aromatic rings. The van der Waals surface area contributed by atoms with Gasteiger partial charge in [-0.1, -0.05) is 0 Å². The molecule has 0 aliphatic carbocycles. The second kappa shape index (κ2) is 5.10. The summed E-state index contributed by atoms with van der Waals surface area (Å²) in [7, 11) is 1.70. The fourth-order valence-electron chi connectivity index (χ4n) is 2.85. The third kappa shape index (κ3) is 2.05. The van der Waals surface area contributed by atoms with E-state index in [1.807, 2.05) is 10.7 Å². The molecule has 1 N–H and O–H groups in total. The van der Waals surface area contributed by atoms with Crippen molar-refractivity contribution in [2.75, 3.05) is 6.61 Å². The number of pyridine rings is 1. The SMILES string of the molecule is Cn1ncc(-c2cnc3c(cnn3C3CCCCO3)c2)c1O. The summed E-state index contributed by atoms with van der Waals surface area (Å²) in [6, 6.07) is 1.96. The lowest BCUT2D eigenvalue weighted by Crippen LogP contribution is -2.19. The molecule has 0 saturated carbocycles. The molecule has 0 bridgehead atoms. The van der Waals surface area contributed by atoms with E-state index >= 15 is 0 Å². The maximum Gasteiger partial charge on any atom is 0.217 e. The van der Waals surface area contributed by atoms with Crippen molar-refractivity contribution in [3.8, 4) is 17.0 Å². The van der Waals surface area contributed by atoms with Gasteiger partial charge in [0.05, 0.1) is 18.0 Å². The Morgan fingerprint density at radius 1 is 1.23 bits per heavy atom. The fraction of sp³-hybridized carbons (Fsp3) is 0.400. The van der Waals surface area contributed by atoms with E-state index in [1.54, 1.807) is 25.6 Å². The van der Waals surface area contributed by atoms with Crippen LogP contribution in [0.25, 0.3) is 22.2 Å². The minimum Gasteiger partial charge on any atom is -0.493 e. The summed E-state index contributed by atoms with van der Waals surface area (Å²) in [6.07, 6.45) is 8.34. The number of nitrogens with zero attached hydrogens (tertiary/aromatic N) is 5. The molecule has 3 aromatic heterocycles. The molecule has 22 heavy (non-hydrogen) atoms. The van der Waals surface area contributed by atoms with Crippen LogP contribution < -0.4 is 0 Å². The molecule has 1 fully saturated rings. The van der Waals surface area contributed by atoms with Gasteiger partial charge in [-0.05, 0) is 25.3 Å². The van der Waals surface area contributed by atoms with Gasteiger partial charge in [0, 0.05) is 30.8 Å². The number of ether oxygens (including phenoxy) is 1. The quantitative estimate of drug-likeness (QED) is 0.785. The van der Waals surface area contributed by atoms with Crippen molar-refractivity contribution < 1.29 is 9.84 Å². The van der Waals surface area contributed by atoms with Crippen molar-refractivity contribution in [1.29, 1.82) is 0 Å². The zero-order valence-electron chi connectivity index (χ0n) is 12.3. The Labute approximate surface area is 127 Å². The van der Waals surface area contributed by atoms with Crippen molar-refractivity contribution >= 4 is 11.0 Å². The number of hydrogen-bond donors (Lipinski definition) is 1. The zero-order valence-corrected chi connectivity index (χ0v) is 12.3. The van der Waals surface area contributed by atoms with Crippen LogP contribution in [-0.2, 0) is 11.8 Å². The summed E-state index contributed by atoms with van der Waals surface area (Å²) in [4.78, 5) is 4.52. The number of aromatic hydroxyl groups is 1. The molecule has 1 saturated heterocycles.